The zero-order chi connectivity index (χ0) is 13.3. The van der Waals surface area contributed by atoms with Crippen LogP contribution in [-0.4, -0.2) is 46.9 Å². The second-order valence-corrected chi connectivity index (χ2v) is 5.06. The molecule has 2 heterocycles. The molecule has 100 valence electrons. The molecule has 3 atom stereocenters. The molecule has 0 aromatic heterocycles. The fourth-order valence-corrected chi connectivity index (χ4v) is 2.80. The number of hydrogen-bond donors (Lipinski definition) is 2. The number of aliphatic carboxylic acids is 1. The smallest absolute Gasteiger partial charge is 0.308 e. The molecule has 2 fully saturated rings. The lowest BCUT2D eigenvalue weighted by Gasteiger charge is -2.38. The maximum Gasteiger partial charge on any atom is 0.308 e. The van der Waals surface area contributed by atoms with Crippen molar-refractivity contribution in [1.29, 1.82) is 0 Å². The summed E-state index contributed by atoms with van der Waals surface area (Å²) in [6.45, 7) is 2.74. The van der Waals surface area contributed by atoms with E-state index in [2.05, 4.69) is 5.32 Å². The van der Waals surface area contributed by atoms with Crippen LogP contribution in [0.15, 0.2) is 0 Å². The molecule has 0 aromatic rings. The van der Waals surface area contributed by atoms with Crippen LogP contribution < -0.4 is 5.32 Å². The van der Waals surface area contributed by atoms with Crippen molar-refractivity contribution in [3.63, 3.8) is 0 Å². The number of nitrogens with one attached hydrogen (secondary N) is 1. The van der Waals surface area contributed by atoms with Gasteiger partial charge in [-0.05, 0) is 19.8 Å². The Balaban J connectivity index is 2.05. The molecule has 18 heavy (non-hydrogen) atoms. The first kappa shape index (κ1) is 12.9. The first-order valence-electron chi connectivity index (χ1n) is 6.30. The number of carboxylic acids is 1. The van der Waals surface area contributed by atoms with E-state index in [4.69, 9.17) is 5.11 Å². The molecule has 6 heteroatoms. The molecule has 0 bridgehead atoms. The van der Waals surface area contributed by atoms with E-state index < -0.39 is 11.9 Å². The molecule has 2 N–H and O–H groups in total. The van der Waals surface area contributed by atoms with Crippen molar-refractivity contribution in [1.82, 2.24) is 10.2 Å². The lowest BCUT2D eigenvalue weighted by Crippen LogP contribution is -2.51. The largest absolute Gasteiger partial charge is 0.481 e. The first-order valence-corrected chi connectivity index (χ1v) is 6.30. The second-order valence-electron chi connectivity index (χ2n) is 5.06. The number of amides is 2. The molecule has 6 nitrogen and oxygen atoms in total. The maximum atomic E-state index is 12.3. The molecule has 0 radical (unpaired) electrons. The Morgan fingerprint density at radius 3 is 2.72 bits per heavy atom. The summed E-state index contributed by atoms with van der Waals surface area (Å²) in [4.78, 5) is 36.1. The summed E-state index contributed by atoms with van der Waals surface area (Å²) >= 11 is 0. The average molecular weight is 254 g/mol. The highest BCUT2D eigenvalue weighted by atomic mass is 16.4. The van der Waals surface area contributed by atoms with E-state index in [1.807, 2.05) is 0 Å². The molecular weight excluding hydrogens is 236 g/mol. The minimum absolute atomic E-state index is 0.0909. The van der Waals surface area contributed by atoms with Gasteiger partial charge in [0.25, 0.3) is 0 Å². The summed E-state index contributed by atoms with van der Waals surface area (Å²) in [5.74, 6) is -1.86. The minimum atomic E-state index is -0.847. The Bertz CT molecular complexity index is 382. The zero-order valence-electron chi connectivity index (χ0n) is 10.4. The molecule has 0 aromatic carbocycles. The number of likely N-dealkylation sites (tertiary alicyclic amines) is 1. The van der Waals surface area contributed by atoms with E-state index in [1.54, 1.807) is 11.8 Å². The van der Waals surface area contributed by atoms with Crippen LogP contribution in [0.4, 0.5) is 0 Å². The minimum Gasteiger partial charge on any atom is -0.481 e. The number of hydrogen-bond acceptors (Lipinski definition) is 3. The van der Waals surface area contributed by atoms with Crippen LogP contribution in [0.25, 0.3) is 0 Å². The number of carboxylic acid groups (broad SMARTS) is 1. The summed E-state index contributed by atoms with van der Waals surface area (Å²) in [6.07, 6.45) is 1.54. The summed E-state index contributed by atoms with van der Waals surface area (Å²) in [5.41, 5.74) is 0. The predicted octanol–water partition coefficient (Wildman–Crippen LogP) is -0.166. The number of piperidine rings is 1. The zero-order valence-corrected chi connectivity index (χ0v) is 10.4. The van der Waals surface area contributed by atoms with Gasteiger partial charge in [0.15, 0.2) is 0 Å². The SMILES string of the molecule is C[C@@H]1[C@H](C(=O)O)CCCN1C(=O)C1CNC(=O)C1. The molecule has 1 unspecified atom stereocenters. The Morgan fingerprint density at radius 1 is 1.44 bits per heavy atom. The fourth-order valence-electron chi connectivity index (χ4n) is 2.80. The van der Waals surface area contributed by atoms with Gasteiger partial charge in [-0.25, -0.2) is 0 Å². The Morgan fingerprint density at radius 2 is 2.17 bits per heavy atom. The second kappa shape index (κ2) is 4.96. The van der Waals surface area contributed by atoms with Gasteiger partial charge in [0.2, 0.25) is 11.8 Å². The molecule has 0 saturated carbocycles. The van der Waals surface area contributed by atoms with Crippen molar-refractivity contribution >= 4 is 17.8 Å². The molecule has 2 aliphatic rings. The highest BCUT2D eigenvalue weighted by Gasteiger charge is 2.39. The third-order valence-electron chi connectivity index (χ3n) is 3.92. The average Bonchev–Trinajstić information content (AvgIpc) is 2.75. The van der Waals surface area contributed by atoms with Crippen LogP contribution in [0.3, 0.4) is 0 Å². The number of nitrogens with zero attached hydrogens (tertiary/aromatic N) is 1. The fraction of sp³-hybridized carbons (Fsp3) is 0.750. The van der Waals surface area contributed by atoms with Crippen molar-refractivity contribution in [2.24, 2.45) is 11.8 Å². The van der Waals surface area contributed by atoms with Gasteiger partial charge in [-0.1, -0.05) is 0 Å². The highest BCUT2D eigenvalue weighted by Crippen LogP contribution is 2.26. The summed E-state index contributed by atoms with van der Waals surface area (Å²) in [6, 6.07) is -0.292. The lowest BCUT2D eigenvalue weighted by molar-refractivity contribution is -0.150. The third-order valence-corrected chi connectivity index (χ3v) is 3.92. The van der Waals surface area contributed by atoms with E-state index >= 15 is 0 Å². The van der Waals surface area contributed by atoms with Crippen LogP contribution in [0.1, 0.15) is 26.2 Å². The van der Waals surface area contributed by atoms with E-state index in [0.29, 0.717) is 25.9 Å². The molecule has 2 saturated heterocycles. The van der Waals surface area contributed by atoms with E-state index in [1.165, 1.54) is 0 Å². The van der Waals surface area contributed by atoms with Gasteiger partial charge < -0.3 is 15.3 Å². The molecule has 0 spiro atoms. The van der Waals surface area contributed by atoms with Crippen molar-refractivity contribution in [2.75, 3.05) is 13.1 Å². The summed E-state index contributed by atoms with van der Waals surface area (Å²) < 4.78 is 0. The Kier molecular flexibility index (Phi) is 3.54. The highest BCUT2D eigenvalue weighted by molar-refractivity contribution is 5.89. The Hall–Kier alpha value is -1.59. The summed E-state index contributed by atoms with van der Waals surface area (Å²) in [5, 5.41) is 11.7. The third kappa shape index (κ3) is 2.32. The summed E-state index contributed by atoms with van der Waals surface area (Å²) in [7, 11) is 0. The van der Waals surface area contributed by atoms with Crippen LogP contribution in [0.5, 0.6) is 0 Å². The van der Waals surface area contributed by atoms with E-state index in [9.17, 15) is 14.4 Å². The molecule has 2 amide bonds. The molecule has 2 rings (SSSR count). The lowest BCUT2D eigenvalue weighted by atomic mass is 9.89. The monoisotopic (exact) mass is 254 g/mol. The molecule has 2 aliphatic heterocycles. The van der Waals surface area contributed by atoms with Crippen molar-refractivity contribution < 1.29 is 19.5 Å². The number of rotatable bonds is 2. The van der Waals surface area contributed by atoms with Crippen LogP contribution in [0.2, 0.25) is 0 Å². The van der Waals surface area contributed by atoms with Gasteiger partial charge in [-0.3, -0.25) is 14.4 Å². The first-order chi connectivity index (χ1) is 8.50. The van der Waals surface area contributed by atoms with E-state index in [0.717, 1.165) is 0 Å². The molecule has 0 aliphatic carbocycles. The van der Waals surface area contributed by atoms with Gasteiger partial charge >= 0.3 is 5.97 Å². The predicted molar refractivity (Wildman–Crippen MR) is 62.7 cm³/mol. The topological polar surface area (TPSA) is 86.7 Å². The number of carbonyl (C=O) groups excluding carboxylic acids is 2. The van der Waals surface area contributed by atoms with Gasteiger partial charge in [0, 0.05) is 25.6 Å². The van der Waals surface area contributed by atoms with Gasteiger partial charge in [0.1, 0.15) is 0 Å². The Labute approximate surface area is 105 Å². The van der Waals surface area contributed by atoms with Crippen LogP contribution >= 0.6 is 0 Å². The van der Waals surface area contributed by atoms with Gasteiger partial charge in [0.05, 0.1) is 11.8 Å². The molecular formula is C12H18N2O4. The quantitative estimate of drug-likeness (QED) is 0.716. The van der Waals surface area contributed by atoms with Crippen LogP contribution in [-0.2, 0) is 14.4 Å². The maximum absolute atomic E-state index is 12.3. The van der Waals surface area contributed by atoms with Crippen molar-refractivity contribution in [3.05, 3.63) is 0 Å². The van der Waals surface area contributed by atoms with E-state index in [-0.39, 0.29) is 30.2 Å². The van der Waals surface area contributed by atoms with Crippen molar-refractivity contribution in [2.45, 2.75) is 32.2 Å². The van der Waals surface area contributed by atoms with Crippen molar-refractivity contribution in [3.8, 4) is 0 Å². The normalized spacial score (nSPS) is 32.2. The van der Waals surface area contributed by atoms with Gasteiger partial charge in [-0.15, -0.1) is 0 Å². The van der Waals surface area contributed by atoms with Crippen LogP contribution in [0, 0.1) is 11.8 Å². The number of carbonyl (C=O) groups is 3. The standard InChI is InChI=1S/C12H18N2O4/c1-7-9(12(17)18)3-2-4-14(7)11(16)8-5-10(15)13-6-8/h7-9H,2-6H2,1H3,(H,13,15)(H,17,18)/t7-,8?,9-/m1/s1. The van der Waals surface area contributed by atoms with Gasteiger partial charge in [-0.2, -0.15) is 0 Å².